The number of halogens is 1. The third-order valence-electron chi connectivity index (χ3n) is 2.48. The van der Waals surface area contributed by atoms with Gasteiger partial charge in [0.2, 0.25) is 5.91 Å². The molecule has 2 rings (SSSR count). The number of aromatic nitrogens is 1. The van der Waals surface area contributed by atoms with Gasteiger partial charge in [0.15, 0.2) is 5.43 Å². The first kappa shape index (κ1) is 13.2. The molecule has 98 valence electrons. The van der Waals surface area contributed by atoms with Crippen LogP contribution in [0.3, 0.4) is 0 Å². The molecule has 3 N–H and O–H groups in total. The van der Waals surface area contributed by atoms with Crippen LogP contribution in [0.2, 0.25) is 5.02 Å². The van der Waals surface area contributed by atoms with Crippen LogP contribution in [0, 0.1) is 0 Å². The van der Waals surface area contributed by atoms with Crippen molar-refractivity contribution in [3.63, 3.8) is 0 Å². The summed E-state index contributed by atoms with van der Waals surface area (Å²) in [7, 11) is 0. The number of pyridine rings is 1. The summed E-state index contributed by atoms with van der Waals surface area (Å²) in [6.07, 6.45) is 3.09. The molecule has 0 unspecified atom stereocenters. The van der Waals surface area contributed by atoms with Gasteiger partial charge in [-0.1, -0.05) is 11.6 Å². The van der Waals surface area contributed by atoms with E-state index < -0.39 is 0 Å². The molecule has 0 saturated heterocycles. The van der Waals surface area contributed by atoms with E-state index in [1.165, 1.54) is 12.1 Å². The number of rotatable bonds is 3. The van der Waals surface area contributed by atoms with E-state index in [2.05, 4.69) is 5.32 Å². The lowest BCUT2D eigenvalue weighted by atomic mass is 10.2. The number of carbonyl (C=O) groups excluding carboxylic acids is 1. The summed E-state index contributed by atoms with van der Waals surface area (Å²) in [6.45, 7) is 0.0895. The third kappa shape index (κ3) is 3.59. The Kier molecular flexibility index (Phi) is 3.87. The molecule has 2 aromatic rings. The minimum Gasteiger partial charge on any atom is -0.397 e. The number of amides is 1. The van der Waals surface area contributed by atoms with Crippen LogP contribution in [0.25, 0.3) is 0 Å². The Labute approximate surface area is 114 Å². The number of carbonyl (C=O) groups is 1. The van der Waals surface area contributed by atoms with Gasteiger partial charge in [-0.2, -0.15) is 0 Å². The molecule has 0 saturated carbocycles. The first-order valence-corrected chi connectivity index (χ1v) is 5.93. The molecule has 1 aromatic heterocycles. The molecule has 0 aliphatic carbocycles. The molecule has 0 radical (unpaired) electrons. The third-order valence-corrected chi connectivity index (χ3v) is 2.71. The highest BCUT2D eigenvalue weighted by molar-refractivity contribution is 6.31. The van der Waals surface area contributed by atoms with Crippen LogP contribution in [0.15, 0.2) is 47.5 Å². The van der Waals surface area contributed by atoms with Crippen molar-refractivity contribution < 1.29 is 4.79 Å². The molecule has 6 heteroatoms. The lowest BCUT2D eigenvalue weighted by Gasteiger charge is -2.10. The average Bonchev–Trinajstić information content (AvgIpc) is 2.37. The van der Waals surface area contributed by atoms with Gasteiger partial charge >= 0.3 is 0 Å². The Balaban J connectivity index is 2.07. The summed E-state index contributed by atoms with van der Waals surface area (Å²) in [5.41, 5.74) is 6.54. The Hall–Kier alpha value is -2.27. The highest BCUT2D eigenvalue weighted by Gasteiger charge is 2.06. The first-order chi connectivity index (χ1) is 9.04. The Morgan fingerprint density at radius 3 is 2.63 bits per heavy atom. The molecule has 0 aliphatic rings. The number of nitrogens with zero attached hydrogens (tertiary/aromatic N) is 1. The molecular weight excluding hydrogens is 266 g/mol. The van der Waals surface area contributed by atoms with Crippen molar-refractivity contribution in [2.45, 2.75) is 6.54 Å². The summed E-state index contributed by atoms with van der Waals surface area (Å²) < 4.78 is 1.59. The summed E-state index contributed by atoms with van der Waals surface area (Å²) >= 11 is 5.83. The predicted molar refractivity (Wildman–Crippen MR) is 75.2 cm³/mol. The maximum absolute atomic E-state index is 11.8. The summed E-state index contributed by atoms with van der Waals surface area (Å²) in [4.78, 5) is 22.8. The zero-order valence-corrected chi connectivity index (χ0v) is 10.7. The number of nitrogens with one attached hydrogen (secondary N) is 1. The number of anilines is 2. The fraction of sp³-hybridized carbons (Fsp3) is 0.0769. The monoisotopic (exact) mass is 277 g/mol. The average molecular weight is 278 g/mol. The molecule has 5 nitrogen and oxygen atoms in total. The van der Waals surface area contributed by atoms with Gasteiger partial charge in [0.25, 0.3) is 0 Å². The van der Waals surface area contributed by atoms with E-state index in [9.17, 15) is 9.59 Å². The first-order valence-electron chi connectivity index (χ1n) is 5.55. The minimum absolute atomic E-state index is 0.0895. The van der Waals surface area contributed by atoms with Crippen LogP contribution in [0.1, 0.15) is 0 Å². The molecule has 1 amide bonds. The quantitative estimate of drug-likeness (QED) is 0.839. The smallest absolute Gasteiger partial charge is 0.244 e. The minimum atomic E-state index is -0.252. The highest BCUT2D eigenvalue weighted by Crippen LogP contribution is 2.22. The zero-order valence-electron chi connectivity index (χ0n) is 9.97. The van der Waals surface area contributed by atoms with Crippen LogP contribution in [-0.2, 0) is 11.3 Å². The van der Waals surface area contributed by atoms with Gasteiger partial charge in [0, 0.05) is 29.5 Å². The normalized spacial score (nSPS) is 10.2. The van der Waals surface area contributed by atoms with Crippen molar-refractivity contribution in [3.05, 3.63) is 58.0 Å². The van der Waals surface area contributed by atoms with Crippen LogP contribution in [0.4, 0.5) is 11.4 Å². The van der Waals surface area contributed by atoms with Crippen LogP contribution < -0.4 is 16.5 Å². The van der Waals surface area contributed by atoms with Crippen molar-refractivity contribution in [1.82, 2.24) is 4.57 Å². The second kappa shape index (κ2) is 5.58. The van der Waals surface area contributed by atoms with Crippen molar-refractivity contribution in [3.8, 4) is 0 Å². The van der Waals surface area contributed by atoms with Crippen molar-refractivity contribution in [1.29, 1.82) is 0 Å². The van der Waals surface area contributed by atoms with E-state index in [4.69, 9.17) is 17.3 Å². The van der Waals surface area contributed by atoms with Gasteiger partial charge in [-0.15, -0.1) is 0 Å². The summed E-state index contributed by atoms with van der Waals surface area (Å²) in [6, 6.07) is 7.63. The van der Waals surface area contributed by atoms with E-state index in [0.717, 1.165) is 0 Å². The Morgan fingerprint density at radius 1 is 1.26 bits per heavy atom. The summed E-state index contributed by atoms with van der Waals surface area (Å²) in [5, 5.41) is 3.16. The molecule has 0 spiro atoms. The highest BCUT2D eigenvalue weighted by atomic mass is 35.5. The van der Waals surface area contributed by atoms with E-state index in [0.29, 0.717) is 16.4 Å². The molecule has 1 heterocycles. The number of nitrogens with two attached hydrogens (primary N) is 1. The number of hydrogen-bond donors (Lipinski definition) is 2. The van der Waals surface area contributed by atoms with Crippen molar-refractivity contribution >= 4 is 28.9 Å². The number of hydrogen-bond acceptors (Lipinski definition) is 3. The van der Waals surface area contributed by atoms with E-state index >= 15 is 0 Å². The van der Waals surface area contributed by atoms with Crippen LogP contribution in [0.5, 0.6) is 0 Å². The SMILES string of the molecule is Nc1ccc(Cl)cc1NC(=O)Cn1ccc(=O)cc1. The van der Waals surface area contributed by atoms with Gasteiger partial charge in [0.05, 0.1) is 11.4 Å². The number of benzene rings is 1. The molecule has 0 bridgehead atoms. The van der Waals surface area contributed by atoms with Crippen molar-refractivity contribution in [2.24, 2.45) is 0 Å². The zero-order chi connectivity index (χ0) is 13.8. The van der Waals surface area contributed by atoms with Gasteiger partial charge in [-0.25, -0.2) is 0 Å². The van der Waals surface area contributed by atoms with E-state index in [1.807, 2.05) is 0 Å². The number of nitrogen functional groups attached to an aromatic ring is 1. The molecule has 19 heavy (non-hydrogen) atoms. The predicted octanol–water partition coefficient (Wildman–Crippen LogP) is 1.72. The Morgan fingerprint density at radius 2 is 1.95 bits per heavy atom. The van der Waals surface area contributed by atoms with E-state index in [1.54, 1.807) is 35.2 Å². The largest absolute Gasteiger partial charge is 0.397 e. The topological polar surface area (TPSA) is 77.1 Å². The maximum atomic E-state index is 11.8. The fourth-order valence-electron chi connectivity index (χ4n) is 1.54. The summed E-state index contributed by atoms with van der Waals surface area (Å²) in [5.74, 6) is -0.252. The molecule has 0 fully saturated rings. The second-order valence-corrected chi connectivity index (χ2v) is 4.42. The van der Waals surface area contributed by atoms with Gasteiger partial charge in [-0.3, -0.25) is 9.59 Å². The second-order valence-electron chi connectivity index (χ2n) is 3.99. The lowest BCUT2D eigenvalue weighted by molar-refractivity contribution is -0.116. The van der Waals surface area contributed by atoms with Gasteiger partial charge < -0.3 is 15.6 Å². The molecule has 1 aromatic carbocycles. The standard InChI is InChI=1S/C13H12ClN3O2/c14-9-1-2-11(15)12(7-9)16-13(19)8-17-5-3-10(18)4-6-17/h1-7H,8,15H2,(H,16,19). The Bertz CT molecular complexity index is 647. The molecular formula is C13H12ClN3O2. The molecule has 0 aliphatic heterocycles. The van der Waals surface area contributed by atoms with Crippen LogP contribution >= 0.6 is 11.6 Å². The van der Waals surface area contributed by atoms with Crippen molar-refractivity contribution in [2.75, 3.05) is 11.1 Å². The molecule has 0 atom stereocenters. The maximum Gasteiger partial charge on any atom is 0.244 e. The lowest BCUT2D eigenvalue weighted by Crippen LogP contribution is -2.19. The van der Waals surface area contributed by atoms with Gasteiger partial charge in [0.1, 0.15) is 6.54 Å². The van der Waals surface area contributed by atoms with Crippen LogP contribution in [-0.4, -0.2) is 10.5 Å². The van der Waals surface area contributed by atoms with Gasteiger partial charge in [-0.05, 0) is 18.2 Å². The fourth-order valence-corrected chi connectivity index (χ4v) is 1.71. The van der Waals surface area contributed by atoms with E-state index in [-0.39, 0.29) is 17.9 Å².